The molecule has 10 heteroatoms. The Hall–Kier alpha value is -4.34. The van der Waals surface area contributed by atoms with Crippen LogP contribution in [0.4, 0.5) is 0 Å². The van der Waals surface area contributed by atoms with Gasteiger partial charge in [-0.25, -0.2) is 0 Å². The van der Waals surface area contributed by atoms with Crippen LogP contribution in [0.1, 0.15) is 67.3 Å². The zero-order valence-corrected chi connectivity index (χ0v) is 26.0. The first-order valence-corrected chi connectivity index (χ1v) is 14.7. The summed E-state index contributed by atoms with van der Waals surface area (Å²) in [5, 5.41) is 5.63. The third kappa shape index (κ3) is 11.1. The van der Waals surface area contributed by atoms with Crippen molar-refractivity contribution < 1.29 is 28.5 Å². The highest BCUT2D eigenvalue weighted by atomic mass is 16.5. The molecule has 2 amide bonds. The number of hydrogen-bond acceptors (Lipinski definition) is 8. The Kier molecular flexibility index (Phi) is 13.6. The number of pyridine rings is 2. The molecule has 43 heavy (non-hydrogen) atoms. The van der Waals surface area contributed by atoms with E-state index in [0.717, 1.165) is 66.3 Å². The Labute approximate surface area is 254 Å². The molecule has 0 fully saturated rings. The number of carbonyl (C=O) groups is 2. The van der Waals surface area contributed by atoms with Crippen molar-refractivity contribution >= 4 is 11.8 Å². The highest BCUT2D eigenvalue weighted by molar-refractivity contribution is 5.73. The lowest BCUT2D eigenvalue weighted by molar-refractivity contribution is -0.119. The Balaban J connectivity index is 1.54. The summed E-state index contributed by atoms with van der Waals surface area (Å²) in [6, 6.07) is 13.7. The number of ether oxygens (including phenoxy) is 4. The summed E-state index contributed by atoms with van der Waals surface area (Å²) < 4.78 is 23.1. The van der Waals surface area contributed by atoms with E-state index in [9.17, 15) is 9.59 Å². The smallest absolute Gasteiger partial charge is 0.219 e. The number of amides is 2. The van der Waals surface area contributed by atoms with Crippen LogP contribution in [0, 0.1) is 6.92 Å². The third-order valence-corrected chi connectivity index (χ3v) is 7.02. The molecule has 0 bridgehead atoms. The van der Waals surface area contributed by atoms with Crippen molar-refractivity contribution in [3.63, 3.8) is 0 Å². The second-order valence-electron chi connectivity index (χ2n) is 10.3. The lowest BCUT2D eigenvalue weighted by Gasteiger charge is -2.15. The highest BCUT2D eigenvalue weighted by Crippen LogP contribution is 2.25. The van der Waals surface area contributed by atoms with Crippen LogP contribution in [0.15, 0.2) is 42.5 Å². The van der Waals surface area contributed by atoms with Gasteiger partial charge in [-0.2, -0.15) is 9.97 Å². The molecular formula is C33H44N4O6. The van der Waals surface area contributed by atoms with Gasteiger partial charge in [-0.3, -0.25) is 9.59 Å². The molecule has 2 aromatic heterocycles. The maximum absolute atomic E-state index is 11.0. The molecule has 3 rings (SSSR count). The lowest BCUT2D eigenvalue weighted by atomic mass is 10.0. The molecule has 0 spiro atoms. The molecule has 0 atom stereocenters. The molecular weight excluding hydrogens is 548 g/mol. The van der Waals surface area contributed by atoms with Crippen molar-refractivity contribution in [2.24, 2.45) is 0 Å². The molecule has 2 N–H and O–H groups in total. The molecule has 3 aromatic rings. The molecule has 0 aliphatic rings. The average molecular weight is 593 g/mol. The molecule has 0 radical (unpaired) electrons. The topological polar surface area (TPSA) is 121 Å². The van der Waals surface area contributed by atoms with Gasteiger partial charge in [0.25, 0.3) is 0 Å². The van der Waals surface area contributed by atoms with Gasteiger partial charge in [0, 0.05) is 50.2 Å². The maximum Gasteiger partial charge on any atom is 0.219 e. The summed E-state index contributed by atoms with van der Waals surface area (Å²) in [5.41, 5.74) is 5.16. The minimum atomic E-state index is -0.0130. The van der Waals surface area contributed by atoms with Crippen LogP contribution < -0.4 is 29.6 Å². The number of nitrogens with one attached hydrogen (secondary N) is 2. The van der Waals surface area contributed by atoms with E-state index in [0.29, 0.717) is 49.8 Å². The summed E-state index contributed by atoms with van der Waals surface area (Å²) in [5.74, 6) is 2.06. The molecule has 2 heterocycles. The van der Waals surface area contributed by atoms with Gasteiger partial charge in [0.2, 0.25) is 35.3 Å². The van der Waals surface area contributed by atoms with E-state index in [-0.39, 0.29) is 11.8 Å². The van der Waals surface area contributed by atoms with Gasteiger partial charge >= 0.3 is 0 Å². The lowest BCUT2D eigenvalue weighted by Crippen LogP contribution is -2.20. The molecule has 10 nitrogen and oxygen atoms in total. The van der Waals surface area contributed by atoms with Crippen molar-refractivity contribution in [1.29, 1.82) is 0 Å². The summed E-state index contributed by atoms with van der Waals surface area (Å²) in [6.45, 7) is 7.13. The number of carbonyl (C=O) groups excluding carboxylic acids is 2. The van der Waals surface area contributed by atoms with E-state index >= 15 is 0 Å². The van der Waals surface area contributed by atoms with Crippen molar-refractivity contribution in [3.8, 4) is 23.5 Å². The van der Waals surface area contributed by atoms with Gasteiger partial charge in [-0.15, -0.1) is 0 Å². The van der Waals surface area contributed by atoms with E-state index in [4.69, 9.17) is 18.9 Å². The number of methoxy groups -OCH3 is 2. The maximum atomic E-state index is 11.0. The standard InChI is InChI=1S/C33H44N4O6/c1-23-28(21-42-30-17-15-26(32(36-30)40-4)11-6-8-19-34-24(2)38)13-10-14-29(23)22-43-31-18-16-27(33(37-31)41-5)12-7-9-20-35-25(3)39/h10,13-18H,6-9,11-12,19-22H2,1-5H3,(H,34,38)(H,35,39). The number of aromatic nitrogens is 2. The van der Waals surface area contributed by atoms with Crippen molar-refractivity contribution in [2.45, 2.75) is 72.5 Å². The van der Waals surface area contributed by atoms with E-state index in [1.165, 1.54) is 13.8 Å². The number of benzene rings is 1. The van der Waals surface area contributed by atoms with E-state index in [2.05, 4.69) is 20.6 Å². The van der Waals surface area contributed by atoms with Crippen molar-refractivity contribution in [1.82, 2.24) is 20.6 Å². The number of aryl methyl sites for hydroxylation is 2. The summed E-state index contributed by atoms with van der Waals surface area (Å²) in [7, 11) is 3.21. The highest BCUT2D eigenvalue weighted by Gasteiger charge is 2.12. The second kappa shape index (κ2) is 17.6. The van der Waals surface area contributed by atoms with Gasteiger partial charge in [-0.1, -0.05) is 18.2 Å². The number of nitrogens with zero attached hydrogens (tertiary/aromatic N) is 2. The fraction of sp³-hybridized carbons (Fsp3) is 0.455. The van der Waals surface area contributed by atoms with Gasteiger partial charge in [0.1, 0.15) is 13.2 Å². The normalized spacial score (nSPS) is 10.6. The molecule has 232 valence electrons. The molecule has 0 saturated heterocycles. The third-order valence-electron chi connectivity index (χ3n) is 7.02. The Bertz CT molecular complexity index is 1250. The van der Waals surface area contributed by atoms with Crippen LogP contribution in [0.2, 0.25) is 0 Å². The van der Waals surface area contributed by atoms with Crippen LogP contribution >= 0.6 is 0 Å². The molecule has 1 aromatic carbocycles. The minimum Gasteiger partial charge on any atom is -0.481 e. The van der Waals surface area contributed by atoms with Crippen LogP contribution in [0.3, 0.4) is 0 Å². The average Bonchev–Trinajstić information content (AvgIpc) is 3.00. The predicted molar refractivity (Wildman–Crippen MR) is 165 cm³/mol. The summed E-state index contributed by atoms with van der Waals surface area (Å²) in [6.07, 6.45) is 5.22. The van der Waals surface area contributed by atoms with Crippen LogP contribution in [0.5, 0.6) is 23.5 Å². The quantitative estimate of drug-likeness (QED) is 0.201. The van der Waals surface area contributed by atoms with Gasteiger partial charge in [0.15, 0.2) is 0 Å². The predicted octanol–water partition coefficient (Wildman–Crippen LogP) is 4.88. The first-order valence-electron chi connectivity index (χ1n) is 14.7. The molecule has 0 unspecified atom stereocenters. The van der Waals surface area contributed by atoms with Crippen LogP contribution in [-0.2, 0) is 35.6 Å². The van der Waals surface area contributed by atoms with E-state index in [1.807, 2.05) is 49.4 Å². The van der Waals surface area contributed by atoms with Gasteiger partial charge in [0.05, 0.1) is 14.2 Å². The zero-order valence-electron chi connectivity index (χ0n) is 26.0. The van der Waals surface area contributed by atoms with Crippen molar-refractivity contribution in [2.75, 3.05) is 27.3 Å². The fourth-order valence-corrected chi connectivity index (χ4v) is 4.56. The Morgan fingerprint density at radius 2 is 1.09 bits per heavy atom. The summed E-state index contributed by atoms with van der Waals surface area (Å²) in [4.78, 5) is 31.1. The van der Waals surface area contributed by atoms with Gasteiger partial charge in [-0.05, 0) is 74.3 Å². The monoisotopic (exact) mass is 592 g/mol. The molecule has 0 aliphatic carbocycles. The van der Waals surface area contributed by atoms with E-state index < -0.39 is 0 Å². The van der Waals surface area contributed by atoms with E-state index in [1.54, 1.807) is 14.2 Å². The van der Waals surface area contributed by atoms with Gasteiger partial charge < -0.3 is 29.6 Å². The second-order valence-corrected chi connectivity index (χ2v) is 10.3. The number of unbranched alkanes of at least 4 members (excludes halogenated alkanes) is 2. The SMILES string of the molecule is COc1nc(OCc2cccc(COc3ccc(CCCCNC(C)=O)c(OC)n3)c2C)ccc1CCCCNC(C)=O. The van der Waals surface area contributed by atoms with Crippen LogP contribution in [0.25, 0.3) is 0 Å². The summed E-state index contributed by atoms with van der Waals surface area (Å²) >= 11 is 0. The molecule has 0 aliphatic heterocycles. The zero-order chi connectivity index (χ0) is 31.0. The molecule has 0 saturated carbocycles. The first-order chi connectivity index (χ1) is 20.8. The number of hydrogen-bond donors (Lipinski definition) is 2. The van der Waals surface area contributed by atoms with Crippen LogP contribution in [-0.4, -0.2) is 49.1 Å². The Morgan fingerprint density at radius 3 is 1.49 bits per heavy atom. The minimum absolute atomic E-state index is 0.0130. The Morgan fingerprint density at radius 1 is 0.651 bits per heavy atom. The first kappa shape index (κ1) is 33.2. The number of rotatable bonds is 18. The van der Waals surface area contributed by atoms with Crippen molar-refractivity contribution in [3.05, 3.63) is 70.3 Å². The largest absolute Gasteiger partial charge is 0.481 e. The fourth-order valence-electron chi connectivity index (χ4n) is 4.56.